The Morgan fingerprint density at radius 2 is 2.00 bits per heavy atom. The highest BCUT2D eigenvalue weighted by atomic mass is 16.2. The number of nitrogens with two attached hydrogens (primary N) is 1. The molecule has 0 radical (unpaired) electrons. The van der Waals surface area contributed by atoms with Gasteiger partial charge in [-0.25, -0.2) is 4.90 Å². The van der Waals surface area contributed by atoms with E-state index in [-0.39, 0.29) is 18.2 Å². The maximum atomic E-state index is 11.6. The Balaban J connectivity index is 2.44. The lowest BCUT2D eigenvalue weighted by Crippen LogP contribution is -2.35. The second-order valence-corrected chi connectivity index (χ2v) is 3.66. The first-order valence-corrected chi connectivity index (χ1v) is 4.79. The maximum absolute atomic E-state index is 11.6. The summed E-state index contributed by atoms with van der Waals surface area (Å²) in [6.07, 6.45) is 0.104. The van der Waals surface area contributed by atoms with Gasteiger partial charge in [0.05, 0.1) is 18.2 Å². The molecule has 1 aromatic rings. The highest BCUT2D eigenvalue weighted by Crippen LogP contribution is 2.24. The van der Waals surface area contributed by atoms with Gasteiger partial charge in [0.2, 0.25) is 5.91 Å². The van der Waals surface area contributed by atoms with E-state index in [1.165, 1.54) is 4.90 Å². The lowest BCUT2D eigenvalue weighted by Gasteiger charge is -2.16. The zero-order valence-corrected chi connectivity index (χ0v) is 8.43. The third kappa shape index (κ3) is 1.53. The topological polar surface area (TPSA) is 63.4 Å². The molecule has 1 unspecified atom stereocenters. The molecule has 1 aromatic carbocycles. The Morgan fingerprint density at radius 3 is 2.53 bits per heavy atom. The number of anilines is 1. The first-order valence-electron chi connectivity index (χ1n) is 4.79. The number of amides is 2. The van der Waals surface area contributed by atoms with Crippen molar-refractivity contribution in [2.75, 3.05) is 4.90 Å². The number of benzene rings is 1. The van der Waals surface area contributed by atoms with Crippen molar-refractivity contribution in [3.05, 3.63) is 29.8 Å². The first-order chi connectivity index (χ1) is 7.11. The molecule has 15 heavy (non-hydrogen) atoms. The standard InChI is InChI=1S/C11H12N2O2/c1-7-4-2-3-5-9(7)13-10(14)6-8(12)11(13)15/h2-5,8H,6,12H2,1H3. The van der Waals surface area contributed by atoms with E-state index < -0.39 is 6.04 Å². The van der Waals surface area contributed by atoms with Crippen LogP contribution in [0.1, 0.15) is 12.0 Å². The highest BCUT2D eigenvalue weighted by molar-refractivity contribution is 6.22. The number of imide groups is 1. The van der Waals surface area contributed by atoms with E-state index in [1.807, 2.05) is 19.1 Å². The normalized spacial score (nSPS) is 21.2. The number of nitrogens with zero attached hydrogens (tertiary/aromatic N) is 1. The van der Waals surface area contributed by atoms with Crippen molar-refractivity contribution in [2.45, 2.75) is 19.4 Å². The summed E-state index contributed by atoms with van der Waals surface area (Å²) in [7, 11) is 0. The molecule has 0 spiro atoms. The molecule has 4 nitrogen and oxygen atoms in total. The smallest absolute Gasteiger partial charge is 0.251 e. The molecular weight excluding hydrogens is 192 g/mol. The van der Waals surface area contributed by atoms with Gasteiger partial charge in [-0.15, -0.1) is 0 Å². The number of aryl methyl sites for hydroxylation is 1. The molecule has 2 rings (SSSR count). The maximum Gasteiger partial charge on any atom is 0.251 e. The first kappa shape index (κ1) is 9.86. The van der Waals surface area contributed by atoms with Crippen LogP contribution in [0.3, 0.4) is 0 Å². The molecule has 1 fully saturated rings. The number of hydrogen-bond acceptors (Lipinski definition) is 3. The summed E-state index contributed by atoms with van der Waals surface area (Å²) >= 11 is 0. The molecule has 0 saturated carbocycles. The summed E-state index contributed by atoms with van der Waals surface area (Å²) in [4.78, 5) is 24.4. The van der Waals surface area contributed by atoms with Crippen molar-refractivity contribution in [2.24, 2.45) is 5.73 Å². The SMILES string of the molecule is Cc1ccccc1N1C(=O)CC(N)C1=O. The lowest BCUT2D eigenvalue weighted by molar-refractivity contribution is -0.121. The van der Waals surface area contributed by atoms with Gasteiger partial charge in [-0.1, -0.05) is 18.2 Å². The Labute approximate surface area is 87.7 Å². The highest BCUT2D eigenvalue weighted by Gasteiger charge is 2.37. The molecule has 1 aliphatic rings. The van der Waals surface area contributed by atoms with Crippen molar-refractivity contribution in [3.63, 3.8) is 0 Å². The van der Waals surface area contributed by atoms with Crippen LogP contribution in [-0.2, 0) is 9.59 Å². The van der Waals surface area contributed by atoms with E-state index >= 15 is 0 Å². The lowest BCUT2D eigenvalue weighted by atomic mass is 10.2. The predicted octanol–water partition coefficient (Wildman–Crippen LogP) is 0.586. The van der Waals surface area contributed by atoms with Gasteiger partial charge < -0.3 is 5.73 Å². The molecule has 0 bridgehead atoms. The van der Waals surface area contributed by atoms with Gasteiger partial charge >= 0.3 is 0 Å². The van der Waals surface area contributed by atoms with Crippen LogP contribution in [0.2, 0.25) is 0 Å². The molecule has 2 amide bonds. The van der Waals surface area contributed by atoms with Crippen LogP contribution >= 0.6 is 0 Å². The Hall–Kier alpha value is -1.68. The fourth-order valence-electron chi connectivity index (χ4n) is 1.72. The Morgan fingerprint density at radius 1 is 1.33 bits per heavy atom. The molecule has 78 valence electrons. The van der Waals surface area contributed by atoms with E-state index in [2.05, 4.69) is 0 Å². The van der Waals surface area contributed by atoms with Crippen LogP contribution in [0.15, 0.2) is 24.3 Å². The number of hydrogen-bond donors (Lipinski definition) is 1. The third-order valence-corrected chi connectivity index (χ3v) is 2.54. The van der Waals surface area contributed by atoms with E-state index in [0.717, 1.165) is 5.56 Å². The van der Waals surface area contributed by atoms with Gasteiger partial charge in [0.15, 0.2) is 0 Å². The minimum atomic E-state index is -0.683. The van der Waals surface area contributed by atoms with E-state index in [1.54, 1.807) is 12.1 Å². The van der Waals surface area contributed by atoms with Gasteiger partial charge in [0.1, 0.15) is 0 Å². The number of para-hydroxylation sites is 1. The van der Waals surface area contributed by atoms with E-state index in [0.29, 0.717) is 5.69 Å². The summed E-state index contributed by atoms with van der Waals surface area (Å²) in [5.74, 6) is -0.531. The molecule has 0 aromatic heterocycles. The number of carbonyl (C=O) groups excluding carboxylic acids is 2. The molecule has 4 heteroatoms. The molecule has 1 heterocycles. The van der Waals surface area contributed by atoms with Gasteiger partial charge in [0, 0.05) is 0 Å². The van der Waals surface area contributed by atoms with Crippen LogP contribution < -0.4 is 10.6 Å². The van der Waals surface area contributed by atoms with Crippen molar-refractivity contribution in [1.29, 1.82) is 0 Å². The quantitative estimate of drug-likeness (QED) is 0.681. The Bertz CT molecular complexity index is 428. The average molecular weight is 204 g/mol. The number of rotatable bonds is 1. The molecule has 1 saturated heterocycles. The van der Waals surface area contributed by atoms with Gasteiger partial charge in [-0.3, -0.25) is 9.59 Å². The minimum Gasteiger partial charge on any atom is -0.319 e. The third-order valence-electron chi connectivity index (χ3n) is 2.54. The van der Waals surface area contributed by atoms with Gasteiger partial charge in [-0.05, 0) is 18.6 Å². The van der Waals surface area contributed by atoms with Crippen molar-refractivity contribution < 1.29 is 9.59 Å². The molecular formula is C11H12N2O2. The summed E-state index contributed by atoms with van der Waals surface area (Å²) < 4.78 is 0. The van der Waals surface area contributed by atoms with Gasteiger partial charge in [-0.2, -0.15) is 0 Å². The summed E-state index contributed by atoms with van der Waals surface area (Å²) in [6.45, 7) is 1.86. The van der Waals surface area contributed by atoms with Gasteiger partial charge in [0.25, 0.3) is 5.91 Å². The predicted molar refractivity (Wildman–Crippen MR) is 56.3 cm³/mol. The monoisotopic (exact) mass is 204 g/mol. The van der Waals surface area contributed by atoms with Crippen LogP contribution in [0.5, 0.6) is 0 Å². The van der Waals surface area contributed by atoms with Crippen LogP contribution in [-0.4, -0.2) is 17.9 Å². The molecule has 2 N–H and O–H groups in total. The summed E-state index contributed by atoms with van der Waals surface area (Å²) in [5, 5.41) is 0. The molecule has 0 aliphatic carbocycles. The minimum absolute atomic E-state index is 0.104. The van der Waals surface area contributed by atoms with E-state index in [4.69, 9.17) is 5.73 Å². The largest absolute Gasteiger partial charge is 0.319 e. The zero-order valence-electron chi connectivity index (χ0n) is 8.43. The van der Waals surface area contributed by atoms with Crippen LogP contribution in [0, 0.1) is 6.92 Å². The second-order valence-electron chi connectivity index (χ2n) is 3.66. The van der Waals surface area contributed by atoms with Crippen molar-refractivity contribution >= 4 is 17.5 Å². The van der Waals surface area contributed by atoms with Crippen LogP contribution in [0.25, 0.3) is 0 Å². The Kier molecular flexibility index (Phi) is 2.28. The van der Waals surface area contributed by atoms with Crippen molar-refractivity contribution in [1.82, 2.24) is 0 Å². The number of carbonyl (C=O) groups is 2. The zero-order chi connectivity index (χ0) is 11.0. The molecule has 1 aliphatic heterocycles. The second kappa shape index (κ2) is 3.47. The fourth-order valence-corrected chi connectivity index (χ4v) is 1.72. The summed E-state index contributed by atoms with van der Waals surface area (Å²) in [6, 6.07) is 6.59. The van der Waals surface area contributed by atoms with Crippen LogP contribution in [0.4, 0.5) is 5.69 Å². The average Bonchev–Trinajstić information content (AvgIpc) is 2.43. The fraction of sp³-hybridized carbons (Fsp3) is 0.273. The summed E-state index contributed by atoms with van der Waals surface area (Å²) in [5.41, 5.74) is 7.07. The van der Waals surface area contributed by atoms with E-state index in [9.17, 15) is 9.59 Å². The molecule has 1 atom stereocenters. The van der Waals surface area contributed by atoms with Crippen molar-refractivity contribution in [3.8, 4) is 0 Å².